The average Bonchev–Trinajstić information content (AvgIpc) is 2.69. The van der Waals surface area contributed by atoms with Gasteiger partial charge < -0.3 is 15.7 Å². The zero-order valence-corrected chi connectivity index (χ0v) is 14.7. The Morgan fingerprint density at radius 2 is 1.88 bits per heavy atom. The van der Waals surface area contributed by atoms with Gasteiger partial charge in [0.25, 0.3) is 5.91 Å². The van der Waals surface area contributed by atoms with E-state index < -0.39 is 5.60 Å². The Labute approximate surface area is 153 Å². The van der Waals surface area contributed by atoms with Crippen LogP contribution in [0.5, 0.6) is 0 Å². The van der Waals surface area contributed by atoms with Crippen molar-refractivity contribution in [1.82, 2.24) is 14.9 Å². The molecule has 2 heterocycles. The fourth-order valence-corrected chi connectivity index (χ4v) is 4.67. The number of nitrogens with two attached hydrogens (primary N) is 1. The minimum atomic E-state index is -0.892. The second-order valence-electron chi connectivity index (χ2n) is 7.29. The summed E-state index contributed by atoms with van der Waals surface area (Å²) in [4.78, 5) is 23.1. The van der Waals surface area contributed by atoms with Crippen molar-refractivity contribution in [3.63, 3.8) is 0 Å². The van der Waals surface area contributed by atoms with Gasteiger partial charge in [0.15, 0.2) is 11.5 Å². The topological polar surface area (TPSA) is 92.3 Å². The van der Waals surface area contributed by atoms with Crippen LogP contribution in [0.15, 0.2) is 42.7 Å². The molecule has 136 valence electrons. The Bertz CT molecular complexity index is 797. The fraction of sp³-hybridized carbons (Fsp3) is 0.450. The van der Waals surface area contributed by atoms with Crippen molar-refractivity contribution in [2.45, 2.75) is 43.7 Å². The number of amides is 1. The number of aliphatic hydroxyl groups is 1. The maximum Gasteiger partial charge on any atom is 0.276 e. The van der Waals surface area contributed by atoms with Gasteiger partial charge in [-0.05, 0) is 24.8 Å². The number of rotatable bonds is 2. The highest BCUT2D eigenvalue weighted by molar-refractivity contribution is 5.96. The van der Waals surface area contributed by atoms with Crippen molar-refractivity contribution < 1.29 is 9.90 Å². The van der Waals surface area contributed by atoms with E-state index in [2.05, 4.69) is 9.97 Å². The highest BCUT2D eigenvalue weighted by Gasteiger charge is 2.50. The molecule has 1 aromatic carbocycles. The molecule has 3 atom stereocenters. The van der Waals surface area contributed by atoms with Crippen LogP contribution in [0, 0.1) is 5.92 Å². The fourth-order valence-electron chi connectivity index (χ4n) is 4.67. The Morgan fingerprint density at radius 3 is 2.65 bits per heavy atom. The first kappa shape index (κ1) is 17.0. The molecule has 0 spiro atoms. The molecule has 1 aliphatic carbocycles. The van der Waals surface area contributed by atoms with E-state index in [-0.39, 0.29) is 29.4 Å². The van der Waals surface area contributed by atoms with Crippen LogP contribution in [0.4, 0.5) is 5.82 Å². The number of hydrogen-bond donors (Lipinski definition) is 2. The van der Waals surface area contributed by atoms with Crippen molar-refractivity contribution in [2.75, 3.05) is 12.3 Å². The van der Waals surface area contributed by atoms with Crippen molar-refractivity contribution in [3.05, 3.63) is 54.0 Å². The lowest BCUT2D eigenvalue weighted by molar-refractivity contribution is -0.110. The molecular formula is C20H24N4O2. The highest BCUT2D eigenvalue weighted by atomic mass is 16.3. The molecule has 2 aliphatic rings. The predicted molar refractivity (Wildman–Crippen MR) is 98.2 cm³/mol. The summed E-state index contributed by atoms with van der Waals surface area (Å²) in [5.41, 5.74) is 6.14. The molecule has 1 aromatic heterocycles. The Morgan fingerprint density at radius 1 is 1.15 bits per heavy atom. The number of piperidine rings is 1. The first-order chi connectivity index (χ1) is 12.6. The second kappa shape index (κ2) is 6.68. The highest BCUT2D eigenvalue weighted by Crippen LogP contribution is 2.47. The summed E-state index contributed by atoms with van der Waals surface area (Å²) in [5, 5.41) is 11.6. The first-order valence-corrected chi connectivity index (χ1v) is 9.26. The Kier molecular flexibility index (Phi) is 4.36. The van der Waals surface area contributed by atoms with Gasteiger partial charge >= 0.3 is 0 Å². The molecule has 0 bridgehead atoms. The average molecular weight is 352 g/mol. The SMILES string of the molecule is Nc1nccnc1C(=O)N1CC[C@](O)(c2ccccc2)[C@H]2CCCC[C@H]21. The molecule has 1 saturated heterocycles. The van der Waals surface area contributed by atoms with Crippen molar-refractivity contribution in [2.24, 2.45) is 5.92 Å². The van der Waals surface area contributed by atoms with E-state index in [4.69, 9.17) is 5.73 Å². The third kappa shape index (κ3) is 2.74. The molecule has 2 aromatic rings. The molecule has 0 unspecified atom stereocenters. The van der Waals surface area contributed by atoms with Crippen LogP contribution in [-0.4, -0.2) is 38.5 Å². The van der Waals surface area contributed by atoms with E-state index in [0.29, 0.717) is 13.0 Å². The summed E-state index contributed by atoms with van der Waals surface area (Å²) in [6.07, 6.45) is 7.44. The van der Waals surface area contributed by atoms with Gasteiger partial charge in [-0.1, -0.05) is 43.2 Å². The Hall–Kier alpha value is -2.47. The van der Waals surface area contributed by atoms with Crippen LogP contribution in [0.3, 0.4) is 0 Å². The van der Waals surface area contributed by atoms with Crippen molar-refractivity contribution in [3.8, 4) is 0 Å². The summed E-state index contributed by atoms with van der Waals surface area (Å²) in [6.45, 7) is 0.488. The molecule has 3 N–H and O–H groups in total. The number of aromatic nitrogens is 2. The van der Waals surface area contributed by atoms with Crippen molar-refractivity contribution in [1.29, 1.82) is 0 Å². The molecule has 4 rings (SSSR count). The van der Waals surface area contributed by atoms with Crippen LogP contribution < -0.4 is 5.73 Å². The van der Waals surface area contributed by atoms with Crippen LogP contribution in [-0.2, 0) is 5.60 Å². The minimum Gasteiger partial charge on any atom is -0.385 e. The van der Waals surface area contributed by atoms with Gasteiger partial charge in [-0.15, -0.1) is 0 Å². The maximum absolute atomic E-state index is 13.1. The van der Waals surface area contributed by atoms with Crippen LogP contribution in [0.1, 0.15) is 48.2 Å². The lowest BCUT2D eigenvalue weighted by Gasteiger charge is -2.52. The van der Waals surface area contributed by atoms with Crippen molar-refractivity contribution >= 4 is 11.7 Å². The number of carbonyl (C=O) groups is 1. The number of fused-ring (bicyclic) bond motifs is 1. The third-order valence-corrected chi connectivity index (χ3v) is 5.94. The van der Waals surface area contributed by atoms with E-state index in [9.17, 15) is 9.90 Å². The van der Waals surface area contributed by atoms with Gasteiger partial charge in [-0.2, -0.15) is 0 Å². The number of benzene rings is 1. The summed E-state index contributed by atoms with van der Waals surface area (Å²) in [7, 11) is 0. The van der Waals surface area contributed by atoms with Gasteiger partial charge in [0.2, 0.25) is 0 Å². The number of nitrogen functional groups attached to an aromatic ring is 1. The van der Waals surface area contributed by atoms with Gasteiger partial charge in [0.1, 0.15) is 0 Å². The van der Waals surface area contributed by atoms with Crippen LogP contribution >= 0.6 is 0 Å². The molecule has 1 aliphatic heterocycles. The number of nitrogens with zero attached hydrogens (tertiary/aromatic N) is 3. The molecule has 1 saturated carbocycles. The number of hydrogen-bond acceptors (Lipinski definition) is 5. The first-order valence-electron chi connectivity index (χ1n) is 9.26. The van der Waals surface area contributed by atoms with E-state index in [1.54, 1.807) is 0 Å². The summed E-state index contributed by atoms with van der Waals surface area (Å²) < 4.78 is 0. The van der Waals surface area contributed by atoms with E-state index in [1.165, 1.54) is 12.4 Å². The predicted octanol–water partition coefficient (Wildman–Crippen LogP) is 2.35. The molecule has 1 amide bonds. The standard InChI is InChI=1S/C20H24N4O2/c21-18-17(22-11-12-23-18)19(25)24-13-10-20(26,14-6-2-1-3-7-14)15-8-4-5-9-16(15)24/h1-3,6-7,11-12,15-16,26H,4-5,8-10,13H2,(H2,21,23)/t15-,16+,20-/m0/s1. The summed E-state index contributed by atoms with van der Waals surface area (Å²) in [5.74, 6) is 0.00520. The maximum atomic E-state index is 13.1. The second-order valence-corrected chi connectivity index (χ2v) is 7.29. The van der Waals surface area contributed by atoms with Gasteiger partial charge in [-0.25, -0.2) is 9.97 Å². The monoisotopic (exact) mass is 352 g/mol. The van der Waals surface area contributed by atoms with Gasteiger partial charge in [0, 0.05) is 30.9 Å². The molecule has 6 heteroatoms. The van der Waals surface area contributed by atoms with E-state index in [0.717, 1.165) is 31.2 Å². The number of carbonyl (C=O) groups excluding carboxylic acids is 1. The Balaban J connectivity index is 1.67. The number of anilines is 1. The van der Waals surface area contributed by atoms with E-state index >= 15 is 0 Å². The van der Waals surface area contributed by atoms with Gasteiger partial charge in [-0.3, -0.25) is 4.79 Å². The van der Waals surface area contributed by atoms with Gasteiger partial charge in [0.05, 0.1) is 5.60 Å². The molecule has 6 nitrogen and oxygen atoms in total. The smallest absolute Gasteiger partial charge is 0.276 e. The largest absolute Gasteiger partial charge is 0.385 e. The molecule has 2 fully saturated rings. The lowest BCUT2D eigenvalue weighted by atomic mass is 9.66. The zero-order chi connectivity index (χ0) is 18.1. The van der Waals surface area contributed by atoms with Crippen LogP contribution in [0.2, 0.25) is 0 Å². The molecule has 26 heavy (non-hydrogen) atoms. The molecule has 0 radical (unpaired) electrons. The number of likely N-dealkylation sites (tertiary alicyclic amines) is 1. The van der Waals surface area contributed by atoms with E-state index in [1.807, 2.05) is 35.2 Å². The lowest BCUT2D eigenvalue weighted by Crippen LogP contribution is -2.59. The summed E-state index contributed by atoms with van der Waals surface area (Å²) >= 11 is 0. The van der Waals surface area contributed by atoms with Crippen LogP contribution in [0.25, 0.3) is 0 Å². The normalized spacial score (nSPS) is 28.4. The zero-order valence-electron chi connectivity index (χ0n) is 14.7. The quantitative estimate of drug-likeness (QED) is 0.865. The third-order valence-electron chi connectivity index (χ3n) is 5.94. The summed E-state index contributed by atoms with van der Waals surface area (Å²) in [6, 6.07) is 9.86. The molecular weight excluding hydrogens is 328 g/mol. The minimum absolute atomic E-state index is 0.00314.